The maximum Gasteiger partial charge on any atom is 0.278 e. The molecule has 1 aliphatic carbocycles. The Labute approximate surface area is 183 Å². The van der Waals surface area contributed by atoms with Crippen LogP contribution in [0, 0.1) is 0 Å². The molecular formula is C19H24N4O4S3. The van der Waals surface area contributed by atoms with Gasteiger partial charge in [-0.1, -0.05) is 23.5 Å². The van der Waals surface area contributed by atoms with Crippen molar-refractivity contribution < 1.29 is 18.1 Å². The second-order valence-corrected chi connectivity index (χ2v) is 12.3. The number of aromatic nitrogens is 1. The molecule has 2 aliphatic rings. The molecule has 0 bridgehead atoms. The minimum Gasteiger partial charge on any atom is -0.296 e. The highest BCUT2D eigenvalue weighted by Crippen LogP contribution is 2.61. The number of hydrogen-bond donors (Lipinski definition) is 3. The summed E-state index contributed by atoms with van der Waals surface area (Å²) in [6.07, 6.45) is 6.76. The first-order valence-corrected chi connectivity index (χ1v) is 13.6. The van der Waals surface area contributed by atoms with Crippen LogP contribution in [0.25, 0.3) is 0 Å². The Bertz CT molecular complexity index is 980. The Hall–Kier alpha value is -1.79. The fraction of sp³-hybridized carbons (Fsp3) is 0.421. The van der Waals surface area contributed by atoms with Gasteiger partial charge in [-0.2, -0.15) is 15.7 Å². The average molecular weight is 469 g/mol. The molecule has 162 valence electrons. The Morgan fingerprint density at radius 2 is 1.93 bits per heavy atom. The fourth-order valence-corrected chi connectivity index (χ4v) is 6.35. The van der Waals surface area contributed by atoms with Gasteiger partial charge in [0.25, 0.3) is 5.91 Å². The van der Waals surface area contributed by atoms with Gasteiger partial charge >= 0.3 is 0 Å². The van der Waals surface area contributed by atoms with E-state index in [0.717, 1.165) is 38.8 Å². The third kappa shape index (κ3) is 4.75. The monoisotopic (exact) mass is 468 g/mol. The summed E-state index contributed by atoms with van der Waals surface area (Å²) in [5, 5.41) is 9.47. The van der Waals surface area contributed by atoms with Crippen LogP contribution in [0.5, 0.6) is 0 Å². The number of carbonyl (C=O) groups is 1. The summed E-state index contributed by atoms with van der Waals surface area (Å²) in [4.78, 5) is 17.6. The van der Waals surface area contributed by atoms with Crippen LogP contribution in [0.15, 0.2) is 44.7 Å². The molecule has 0 spiro atoms. The largest absolute Gasteiger partial charge is 0.296 e. The van der Waals surface area contributed by atoms with Gasteiger partial charge in [0.2, 0.25) is 0 Å². The van der Waals surface area contributed by atoms with E-state index in [0.29, 0.717) is 19.8 Å². The first-order chi connectivity index (χ1) is 14.3. The average Bonchev–Trinajstić information content (AvgIpc) is 3.27. The topological polar surface area (TPSA) is 115 Å². The van der Waals surface area contributed by atoms with Gasteiger partial charge < -0.3 is 0 Å². The molecule has 11 heteroatoms. The number of amides is 1. The van der Waals surface area contributed by atoms with Crippen molar-refractivity contribution in [2.24, 2.45) is 5.10 Å². The molecule has 1 atom stereocenters. The number of hydrazone groups is 1. The van der Waals surface area contributed by atoms with Crippen LogP contribution in [-0.2, 0) is 15.6 Å². The van der Waals surface area contributed by atoms with Gasteiger partial charge in [0.1, 0.15) is 4.21 Å². The fourth-order valence-electron chi connectivity index (χ4n) is 3.18. The number of rotatable bonds is 7. The third-order valence-corrected chi connectivity index (χ3v) is 9.69. The Balaban J connectivity index is 1.59. The van der Waals surface area contributed by atoms with E-state index in [1.165, 1.54) is 17.5 Å². The first-order valence-electron chi connectivity index (χ1n) is 9.66. The van der Waals surface area contributed by atoms with E-state index >= 15 is 0 Å². The molecule has 2 aromatic rings. The van der Waals surface area contributed by atoms with Crippen LogP contribution in [-0.4, -0.2) is 59.5 Å². The molecule has 1 saturated carbocycles. The molecule has 1 aromatic heterocycles. The van der Waals surface area contributed by atoms with Crippen LogP contribution >= 0.6 is 21.9 Å². The lowest BCUT2D eigenvalue weighted by Gasteiger charge is -2.32. The van der Waals surface area contributed by atoms with Crippen LogP contribution in [0.2, 0.25) is 0 Å². The number of benzene rings is 1. The summed E-state index contributed by atoms with van der Waals surface area (Å²) < 4.78 is 33.0. The summed E-state index contributed by atoms with van der Waals surface area (Å²) in [5.41, 5.74) is 0.825. The lowest BCUT2D eigenvalue weighted by molar-refractivity contribution is -0.110. The summed E-state index contributed by atoms with van der Waals surface area (Å²) >= 11 is 1.17. The number of nitrogens with one attached hydrogen (secondary N) is 1. The van der Waals surface area contributed by atoms with E-state index in [9.17, 15) is 18.1 Å². The SMILES string of the molecule is CS(=O)c1cnc(NC(=O)/C(=N/N2CCCC2)c2ccc(S(O)(O)C3CC3)cc2)s1. The van der Waals surface area contributed by atoms with Gasteiger partial charge in [0, 0.05) is 24.9 Å². The molecule has 8 nitrogen and oxygen atoms in total. The normalized spacial score (nSPS) is 19.0. The predicted molar refractivity (Wildman–Crippen MR) is 121 cm³/mol. The summed E-state index contributed by atoms with van der Waals surface area (Å²) in [6.45, 7) is 1.57. The number of hydrogen-bond acceptors (Lipinski definition) is 8. The van der Waals surface area contributed by atoms with Crippen LogP contribution in [0.3, 0.4) is 0 Å². The van der Waals surface area contributed by atoms with Crippen molar-refractivity contribution in [3.63, 3.8) is 0 Å². The number of carbonyl (C=O) groups excluding carboxylic acids is 1. The van der Waals surface area contributed by atoms with Crippen molar-refractivity contribution >= 4 is 49.5 Å². The third-order valence-electron chi connectivity index (χ3n) is 4.99. The van der Waals surface area contributed by atoms with Gasteiger partial charge in [-0.25, -0.2) is 4.98 Å². The van der Waals surface area contributed by atoms with Crippen molar-refractivity contribution in [3.8, 4) is 0 Å². The van der Waals surface area contributed by atoms with Crippen molar-refractivity contribution in [3.05, 3.63) is 36.0 Å². The van der Waals surface area contributed by atoms with Gasteiger partial charge in [-0.3, -0.25) is 28.4 Å². The lowest BCUT2D eigenvalue weighted by Crippen LogP contribution is -2.27. The molecule has 4 rings (SSSR count). The predicted octanol–water partition coefficient (Wildman–Crippen LogP) is 3.59. The molecule has 3 N–H and O–H groups in total. The minimum absolute atomic E-state index is 0.0624. The van der Waals surface area contributed by atoms with Crippen molar-refractivity contribution in [1.29, 1.82) is 0 Å². The van der Waals surface area contributed by atoms with E-state index in [-0.39, 0.29) is 11.0 Å². The molecule has 1 saturated heterocycles. The second-order valence-electron chi connectivity index (χ2n) is 7.32. The van der Waals surface area contributed by atoms with Crippen LogP contribution in [0.4, 0.5) is 5.13 Å². The van der Waals surface area contributed by atoms with Gasteiger partial charge in [0.15, 0.2) is 10.8 Å². The maximum atomic E-state index is 13.0. The van der Waals surface area contributed by atoms with Crippen molar-refractivity contribution in [2.75, 3.05) is 24.7 Å². The molecule has 1 aromatic carbocycles. The molecule has 1 unspecified atom stereocenters. The molecular weight excluding hydrogens is 444 g/mol. The number of thiazole rings is 1. The van der Waals surface area contributed by atoms with E-state index < -0.39 is 27.3 Å². The molecule has 30 heavy (non-hydrogen) atoms. The zero-order valence-corrected chi connectivity index (χ0v) is 18.9. The highest BCUT2D eigenvalue weighted by atomic mass is 32.3. The van der Waals surface area contributed by atoms with Gasteiger partial charge in [-0.15, -0.1) is 0 Å². The van der Waals surface area contributed by atoms with E-state index in [4.69, 9.17) is 0 Å². The molecule has 0 radical (unpaired) electrons. The summed E-state index contributed by atoms with van der Waals surface area (Å²) in [6, 6.07) is 6.73. The van der Waals surface area contributed by atoms with Crippen LogP contribution in [0.1, 0.15) is 31.2 Å². The molecule has 2 heterocycles. The van der Waals surface area contributed by atoms with Crippen molar-refractivity contribution in [1.82, 2.24) is 9.99 Å². The number of anilines is 1. The molecule has 2 fully saturated rings. The Morgan fingerprint density at radius 1 is 1.27 bits per heavy atom. The number of nitrogens with zero attached hydrogens (tertiary/aromatic N) is 3. The second kappa shape index (κ2) is 8.75. The van der Waals surface area contributed by atoms with Crippen LogP contribution < -0.4 is 5.32 Å². The quantitative estimate of drug-likeness (QED) is 0.535. The highest BCUT2D eigenvalue weighted by Gasteiger charge is 2.37. The minimum atomic E-state index is -2.79. The molecule has 1 amide bonds. The van der Waals surface area contributed by atoms with Crippen molar-refractivity contribution in [2.45, 2.75) is 40.0 Å². The first kappa shape index (κ1) is 21.4. The Kier molecular flexibility index (Phi) is 6.26. The smallest absolute Gasteiger partial charge is 0.278 e. The maximum absolute atomic E-state index is 13.0. The summed E-state index contributed by atoms with van der Waals surface area (Å²) in [7, 11) is -3.96. The Morgan fingerprint density at radius 3 is 2.50 bits per heavy atom. The zero-order chi connectivity index (χ0) is 21.3. The molecule has 1 aliphatic heterocycles. The van der Waals surface area contributed by atoms with Gasteiger partial charge in [-0.05, 0) is 37.8 Å². The summed E-state index contributed by atoms with van der Waals surface area (Å²) in [5.74, 6) is -0.411. The standard InChI is InChI=1S/C19H24N4O4S3/c1-29(25)16-12-20-19(28-16)21-18(24)17(22-23-10-2-3-11-23)13-4-6-14(7-5-13)30(26,27)15-8-9-15/h4-7,12,15,26-27H,2-3,8-11H2,1H3,(H,20,21,24)/b22-17+. The lowest BCUT2D eigenvalue weighted by atomic mass is 10.1. The highest BCUT2D eigenvalue weighted by molar-refractivity contribution is 8.25. The van der Waals surface area contributed by atoms with E-state index in [1.54, 1.807) is 30.5 Å². The van der Waals surface area contributed by atoms with E-state index in [1.807, 2.05) is 5.01 Å². The van der Waals surface area contributed by atoms with E-state index in [2.05, 4.69) is 15.4 Å². The van der Waals surface area contributed by atoms with Gasteiger partial charge in [0.05, 0.1) is 27.1 Å². The zero-order valence-electron chi connectivity index (χ0n) is 16.5.